The average Bonchev–Trinajstić information content (AvgIpc) is 2.25. The number of alkyl halides is 3. The van der Waals surface area contributed by atoms with Crippen LogP contribution in [0.25, 0.3) is 0 Å². The van der Waals surface area contributed by atoms with Crippen LogP contribution < -0.4 is 0 Å². The average molecular weight is 268 g/mol. The van der Waals surface area contributed by atoms with Crippen molar-refractivity contribution in [1.82, 2.24) is 0 Å². The Kier molecular flexibility index (Phi) is 3.92. The van der Waals surface area contributed by atoms with Crippen LogP contribution in [0.5, 0.6) is 0 Å². The van der Waals surface area contributed by atoms with Crippen molar-refractivity contribution in [3.8, 4) is 0 Å². The number of carbonyl (C=O) groups is 1. The smallest absolute Gasteiger partial charge is 0.416 e. The predicted molar refractivity (Wildman–Crippen MR) is 50.0 cm³/mol. The van der Waals surface area contributed by atoms with Gasteiger partial charge in [-0.05, 0) is 12.1 Å². The SMILES string of the molecule is O=C(O)C(O)C(O)c1c(F)cccc1C(F)(F)F. The third-order valence-electron chi connectivity index (χ3n) is 2.21. The van der Waals surface area contributed by atoms with E-state index < -0.39 is 41.3 Å². The van der Waals surface area contributed by atoms with E-state index in [1.807, 2.05) is 0 Å². The molecule has 1 aromatic carbocycles. The van der Waals surface area contributed by atoms with Crippen molar-refractivity contribution in [2.45, 2.75) is 18.4 Å². The standard InChI is InChI=1S/C10H8F4O4/c11-5-3-1-2-4(10(12,13)14)6(5)7(15)8(16)9(17)18/h1-3,7-8,15-16H,(H,17,18). The lowest BCUT2D eigenvalue weighted by molar-refractivity contribution is -0.155. The van der Waals surface area contributed by atoms with Crippen molar-refractivity contribution in [3.05, 3.63) is 35.1 Å². The van der Waals surface area contributed by atoms with Gasteiger partial charge in [0.25, 0.3) is 0 Å². The number of carboxylic acids is 1. The van der Waals surface area contributed by atoms with Gasteiger partial charge in [-0.15, -0.1) is 0 Å². The Morgan fingerprint density at radius 2 is 1.78 bits per heavy atom. The fourth-order valence-corrected chi connectivity index (χ4v) is 1.38. The minimum atomic E-state index is -4.98. The summed E-state index contributed by atoms with van der Waals surface area (Å²) in [4.78, 5) is 10.4. The van der Waals surface area contributed by atoms with Gasteiger partial charge in [-0.3, -0.25) is 0 Å². The second-order valence-electron chi connectivity index (χ2n) is 3.43. The molecule has 18 heavy (non-hydrogen) atoms. The summed E-state index contributed by atoms with van der Waals surface area (Å²) in [6, 6.07) is 1.88. The number of rotatable bonds is 3. The van der Waals surface area contributed by atoms with Crippen molar-refractivity contribution < 1.29 is 37.7 Å². The maximum atomic E-state index is 13.3. The quantitative estimate of drug-likeness (QED) is 0.722. The zero-order valence-corrected chi connectivity index (χ0v) is 8.65. The summed E-state index contributed by atoms with van der Waals surface area (Å²) < 4.78 is 50.9. The van der Waals surface area contributed by atoms with Crippen molar-refractivity contribution in [2.24, 2.45) is 0 Å². The van der Waals surface area contributed by atoms with Gasteiger partial charge in [-0.25, -0.2) is 9.18 Å². The third-order valence-corrected chi connectivity index (χ3v) is 2.21. The van der Waals surface area contributed by atoms with Crippen LogP contribution in [-0.4, -0.2) is 27.4 Å². The second kappa shape index (κ2) is 4.91. The molecule has 4 nitrogen and oxygen atoms in total. The molecule has 0 fully saturated rings. The Labute approximate surface area is 98.1 Å². The molecule has 0 heterocycles. The topological polar surface area (TPSA) is 77.8 Å². The fourth-order valence-electron chi connectivity index (χ4n) is 1.38. The zero-order chi connectivity index (χ0) is 14.1. The van der Waals surface area contributed by atoms with Gasteiger partial charge < -0.3 is 15.3 Å². The van der Waals surface area contributed by atoms with E-state index in [0.29, 0.717) is 12.1 Å². The highest BCUT2D eigenvalue weighted by Gasteiger charge is 2.39. The number of carboxylic acid groups (broad SMARTS) is 1. The first-order valence-corrected chi connectivity index (χ1v) is 4.60. The third kappa shape index (κ3) is 2.77. The van der Waals surface area contributed by atoms with Gasteiger partial charge in [-0.1, -0.05) is 6.07 Å². The van der Waals surface area contributed by atoms with E-state index in [-0.39, 0.29) is 0 Å². The number of halogens is 4. The van der Waals surface area contributed by atoms with E-state index in [2.05, 4.69) is 0 Å². The predicted octanol–water partition coefficient (Wildman–Crippen LogP) is 1.32. The Bertz CT molecular complexity index is 458. The first-order chi connectivity index (χ1) is 8.16. The molecule has 0 aliphatic heterocycles. The van der Waals surface area contributed by atoms with Crippen LogP contribution in [-0.2, 0) is 11.0 Å². The van der Waals surface area contributed by atoms with E-state index in [1.54, 1.807) is 0 Å². The van der Waals surface area contributed by atoms with Gasteiger partial charge in [0, 0.05) is 5.56 Å². The maximum absolute atomic E-state index is 13.3. The van der Waals surface area contributed by atoms with Crippen molar-refractivity contribution in [1.29, 1.82) is 0 Å². The number of aliphatic carboxylic acids is 1. The monoisotopic (exact) mass is 268 g/mol. The van der Waals surface area contributed by atoms with Gasteiger partial charge in [0.15, 0.2) is 6.10 Å². The van der Waals surface area contributed by atoms with E-state index >= 15 is 0 Å². The zero-order valence-electron chi connectivity index (χ0n) is 8.65. The van der Waals surface area contributed by atoms with Crippen molar-refractivity contribution >= 4 is 5.97 Å². The second-order valence-corrected chi connectivity index (χ2v) is 3.43. The molecule has 0 aliphatic rings. The summed E-state index contributed by atoms with van der Waals surface area (Å²) >= 11 is 0. The molecule has 0 saturated carbocycles. The van der Waals surface area contributed by atoms with Crippen LogP contribution in [0.4, 0.5) is 17.6 Å². The molecule has 2 unspecified atom stereocenters. The van der Waals surface area contributed by atoms with Gasteiger partial charge in [-0.2, -0.15) is 13.2 Å². The van der Waals surface area contributed by atoms with Crippen LogP contribution in [0.1, 0.15) is 17.2 Å². The lowest BCUT2D eigenvalue weighted by Gasteiger charge is -2.20. The number of aliphatic hydroxyl groups excluding tert-OH is 2. The van der Waals surface area contributed by atoms with E-state index in [1.165, 1.54) is 0 Å². The summed E-state index contributed by atoms with van der Waals surface area (Å²) in [7, 11) is 0. The van der Waals surface area contributed by atoms with Crippen LogP contribution in [0.2, 0.25) is 0 Å². The minimum absolute atomic E-state index is 0.482. The summed E-state index contributed by atoms with van der Waals surface area (Å²) in [5.41, 5.74) is -2.82. The van der Waals surface area contributed by atoms with Crippen LogP contribution >= 0.6 is 0 Å². The molecule has 1 aromatic rings. The van der Waals surface area contributed by atoms with E-state index in [4.69, 9.17) is 10.2 Å². The summed E-state index contributed by atoms with van der Waals surface area (Å²) in [6.45, 7) is 0. The molecule has 2 atom stereocenters. The molecule has 100 valence electrons. The summed E-state index contributed by atoms with van der Waals surface area (Å²) in [6.07, 6.45) is -10.0. The van der Waals surface area contributed by atoms with Crippen molar-refractivity contribution in [2.75, 3.05) is 0 Å². The number of hydrogen-bond acceptors (Lipinski definition) is 3. The van der Waals surface area contributed by atoms with Crippen LogP contribution in [0, 0.1) is 5.82 Å². The molecule has 0 bridgehead atoms. The van der Waals surface area contributed by atoms with Gasteiger partial charge in [0.05, 0.1) is 5.56 Å². The van der Waals surface area contributed by atoms with Gasteiger partial charge in [0.2, 0.25) is 0 Å². The Hall–Kier alpha value is -1.67. The summed E-state index contributed by atoms with van der Waals surface area (Å²) in [5, 5.41) is 26.7. The molecule has 0 aromatic heterocycles. The first kappa shape index (κ1) is 14.4. The largest absolute Gasteiger partial charge is 0.479 e. The minimum Gasteiger partial charge on any atom is -0.479 e. The highest BCUT2D eigenvalue weighted by Crippen LogP contribution is 2.36. The highest BCUT2D eigenvalue weighted by molar-refractivity contribution is 5.73. The number of aliphatic hydroxyl groups is 2. The van der Waals surface area contributed by atoms with E-state index in [9.17, 15) is 27.5 Å². The molecule has 0 saturated heterocycles. The normalized spacial score (nSPS) is 15.2. The number of hydrogen-bond donors (Lipinski definition) is 3. The highest BCUT2D eigenvalue weighted by atomic mass is 19.4. The molecule has 0 amide bonds. The number of benzene rings is 1. The van der Waals surface area contributed by atoms with Gasteiger partial charge in [0.1, 0.15) is 11.9 Å². The Morgan fingerprint density at radius 3 is 2.22 bits per heavy atom. The summed E-state index contributed by atoms with van der Waals surface area (Å²) in [5.74, 6) is -3.41. The molecule has 0 radical (unpaired) electrons. The Balaban J connectivity index is 3.35. The molecular formula is C10H8F4O4. The molecule has 8 heteroatoms. The van der Waals surface area contributed by atoms with Crippen LogP contribution in [0.3, 0.4) is 0 Å². The molecule has 3 N–H and O–H groups in total. The molecule has 1 rings (SSSR count). The van der Waals surface area contributed by atoms with Crippen LogP contribution in [0.15, 0.2) is 18.2 Å². The maximum Gasteiger partial charge on any atom is 0.416 e. The van der Waals surface area contributed by atoms with Crippen molar-refractivity contribution in [3.63, 3.8) is 0 Å². The molecule has 0 aliphatic carbocycles. The lowest BCUT2D eigenvalue weighted by Crippen LogP contribution is -2.30. The Morgan fingerprint density at radius 1 is 1.22 bits per heavy atom. The lowest BCUT2D eigenvalue weighted by atomic mass is 9.97. The fraction of sp³-hybridized carbons (Fsp3) is 0.300. The van der Waals surface area contributed by atoms with Gasteiger partial charge >= 0.3 is 12.1 Å². The molecular weight excluding hydrogens is 260 g/mol. The first-order valence-electron chi connectivity index (χ1n) is 4.60. The molecule has 0 spiro atoms. The van der Waals surface area contributed by atoms with E-state index in [0.717, 1.165) is 6.07 Å².